The largest absolute Gasteiger partial charge is 0.505 e. The Hall–Kier alpha value is -0.770. The van der Waals surface area contributed by atoms with E-state index in [1.54, 1.807) is 0 Å². The summed E-state index contributed by atoms with van der Waals surface area (Å²) >= 11 is 0. The van der Waals surface area contributed by atoms with Crippen molar-refractivity contribution in [1.29, 1.82) is 0 Å². The molecule has 0 radical (unpaired) electrons. The molecule has 0 rings (SSSR count). The maximum absolute atomic E-state index is 9.97. The normalized spacial score (nSPS) is 12.5. The number of hydrogen-bond acceptors (Lipinski definition) is 3. The molecular weight excluding hydrogens is 160 g/mol. The summed E-state index contributed by atoms with van der Waals surface area (Å²) < 4.78 is 9.57. The third-order valence-corrected chi connectivity index (χ3v) is 1.24. The van der Waals surface area contributed by atoms with Crippen LogP contribution in [0, 0.1) is 5.92 Å². The van der Waals surface area contributed by atoms with Crippen LogP contribution >= 0.6 is 0 Å². The first-order valence-corrected chi connectivity index (χ1v) is 4.10. The van der Waals surface area contributed by atoms with Gasteiger partial charge in [-0.05, 0) is 6.42 Å². The summed E-state index contributed by atoms with van der Waals surface area (Å²) in [5, 5.41) is 8.17. The SMILES string of the molecule is CCCOCC(C)COC(=O)O. The van der Waals surface area contributed by atoms with Crippen LogP contribution in [0.2, 0.25) is 0 Å². The van der Waals surface area contributed by atoms with E-state index in [-0.39, 0.29) is 12.5 Å². The lowest BCUT2D eigenvalue weighted by molar-refractivity contribution is 0.0469. The topological polar surface area (TPSA) is 55.8 Å². The van der Waals surface area contributed by atoms with E-state index in [4.69, 9.17) is 9.84 Å². The van der Waals surface area contributed by atoms with Gasteiger partial charge < -0.3 is 14.6 Å². The number of hydrogen-bond donors (Lipinski definition) is 1. The van der Waals surface area contributed by atoms with E-state index >= 15 is 0 Å². The molecule has 0 aromatic rings. The molecule has 0 saturated heterocycles. The fourth-order valence-corrected chi connectivity index (χ4v) is 0.691. The van der Waals surface area contributed by atoms with Crippen LogP contribution < -0.4 is 0 Å². The highest BCUT2D eigenvalue weighted by molar-refractivity contribution is 5.56. The van der Waals surface area contributed by atoms with Crippen LogP contribution in [0.3, 0.4) is 0 Å². The molecule has 0 fully saturated rings. The van der Waals surface area contributed by atoms with Gasteiger partial charge in [-0.15, -0.1) is 0 Å². The molecule has 4 nitrogen and oxygen atoms in total. The Kier molecular flexibility index (Phi) is 6.47. The molecule has 1 unspecified atom stereocenters. The standard InChI is InChI=1S/C8H16O4/c1-3-4-11-5-7(2)6-12-8(9)10/h7H,3-6H2,1-2H3,(H,9,10). The summed E-state index contributed by atoms with van der Waals surface area (Å²) in [6, 6.07) is 0. The maximum atomic E-state index is 9.97. The molecule has 1 atom stereocenters. The summed E-state index contributed by atoms with van der Waals surface area (Å²) in [5.74, 6) is 0.132. The second-order valence-corrected chi connectivity index (χ2v) is 2.76. The fourth-order valence-electron chi connectivity index (χ4n) is 0.691. The molecule has 4 heteroatoms. The first-order valence-electron chi connectivity index (χ1n) is 4.10. The molecule has 12 heavy (non-hydrogen) atoms. The van der Waals surface area contributed by atoms with E-state index < -0.39 is 6.16 Å². The van der Waals surface area contributed by atoms with Crippen molar-refractivity contribution in [2.24, 2.45) is 5.92 Å². The maximum Gasteiger partial charge on any atom is 0.505 e. The fraction of sp³-hybridized carbons (Fsp3) is 0.875. The van der Waals surface area contributed by atoms with Gasteiger partial charge in [0, 0.05) is 12.5 Å². The highest BCUT2D eigenvalue weighted by Gasteiger charge is 2.04. The number of rotatable bonds is 6. The Balaban J connectivity index is 3.21. The molecule has 72 valence electrons. The van der Waals surface area contributed by atoms with Crippen molar-refractivity contribution in [3.63, 3.8) is 0 Å². The van der Waals surface area contributed by atoms with Crippen LogP contribution in [0.15, 0.2) is 0 Å². The molecule has 1 N–H and O–H groups in total. The number of ether oxygens (including phenoxy) is 2. The Morgan fingerprint density at radius 3 is 2.67 bits per heavy atom. The number of carboxylic acid groups (broad SMARTS) is 1. The Labute approximate surface area is 72.5 Å². The van der Waals surface area contributed by atoms with E-state index in [9.17, 15) is 4.79 Å². The molecule has 0 bridgehead atoms. The smallest absolute Gasteiger partial charge is 0.450 e. The van der Waals surface area contributed by atoms with E-state index in [2.05, 4.69) is 4.74 Å². The first kappa shape index (κ1) is 11.2. The molecule has 0 aromatic carbocycles. The summed E-state index contributed by atoms with van der Waals surface area (Å²) in [7, 11) is 0. The Morgan fingerprint density at radius 1 is 1.50 bits per heavy atom. The monoisotopic (exact) mass is 176 g/mol. The van der Waals surface area contributed by atoms with Crippen LogP contribution in [0.1, 0.15) is 20.3 Å². The van der Waals surface area contributed by atoms with Gasteiger partial charge in [0.05, 0.1) is 13.2 Å². The quantitative estimate of drug-likeness (QED) is 0.494. The summed E-state index contributed by atoms with van der Waals surface area (Å²) in [4.78, 5) is 9.97. The minimum Gasteiger partial charge on any atom is -0.450 e. The predicted molar refractivity (Wildman–Crippen MR) is 44.3 cm³/mol. The molecule has 0 saturated carbocycles. The van der Waals surface area contributed by atoms with Crippen molar-refractivity contribution < 1.29 is 19.4 Å². The molecule has 0 aliphatic carbocycles. The highest BCUT2D eigenvalue weighted by atomic mass is 16.7. The zero-order valence-corrected chi connectivity index (χ0v) is 7.58. The minimum atomic E-state index is -1.22. The molecule has 0 aliphatic rings. The lowest BCUT2D eigenvalue weighted by Gasteiger charge is -2.10. The Morgan fingerprint density at radius 2 is 2.17 bits per heavy atom. The van der Waals surface area contributed by atoms with Gasteiger partial charge in [-0.3, -0.25) is 0 Å². The van der Waals surface area contributed by atoms with Crippen molar-refractivity contribution >= 4 is 6.16 Å². The molecule has 0 heterocycles. The molecule has 0 amide bonds. The predicted octanol–water partition coefficient (Wildman–Crippen LogP) is 1.74. The molecular formula is C8H16O4. The summed E-state index contributed by atoms with van der Waals surface area (Å²) in [5.41, 5.74) is 0. The first-order chi connectivity index (χ1) is 5.66. The second-order valence-electron chi connectivity index (χ2n) is 2.76. The molecule has 0 aromatic heterocycles. The van der Waals surface area contributed by atoms with Crippen LogP contribution in [0.25, 0.3) is 0 Å². The van der Waals surface area contributed by atoms with Gasteiger partial charge in [-0.2, -0.15) is 0 Å². The molecule has 0 aliphatic heterocycles. The third-order valence-electron chi connectivity index (χ3n) is 1.24. The van der Waals surface area contributed by atoms with Crippen molar-refractivity contribution in [3.8, 4) is 0 Å². The van der Waals surface area contributed by atoms with E-state index in [0.29, 0.717) is 6.61 Å². The zero-order valence-electron chi connectivity index (χ0n) is 7.58. The average molecular weight is 176 g/mol. The minimum absolute atomic E-state index is 0.132. The van der Waals surface area contributed by atoms with Gasteiger partial charge in [0.25, 0.3) is 0 Å². The van der Waals surface area contributed by atoms with Crippen molar-refractivity contribution in [2.45, 2.75) is 20.3 Å². The second kappa shape index (κ2) is 6.91. The van der Waals surface area contributed by atoms with Crippen LogP contribution in [-0.4, -0.2) is 31.1 Å². The van der Waals surface area contributed by atoms with Gasteiger partial charge >= 0.3 is 6.16 Å². The van der Waals surface area contributed by atoms with E-state index in [0.717, 1.165) is 13.0 Å². The van der Waals surface area contributed by atoms with Crippen molar-refractivity contribution in [3.05, 3.63) is 0 Å². The van der Waals surface area contributed by atoms with Crippen molar-refractivity contribution in [1.82, 2.24) is 0 Å². The summed E-state index contributed by atoms with van der Waals surface area (Å²) in [6.45, 7) is 5.40. The molecule has 0 spiro atoms. The van der Waals surface area contributed by atoms with E-state index in [1.807, 2.05) is 13.8 Å². The van der Waals surface area contributed by atoms with Crippen LogP contribution in [-0.2, 0) is 9.47 Å². The summed E-state index contributed by atoms with van der Waals surface area (Å²) in [6.07, 6.45) is -0.246. The van der Waals surface area contributed by atoms with Gasteiger partial charge in [-0.1, -0.05) is 13.8 Å². The Bertz CT molecular complexity index is 124. The van der Waals surface area contributed by atoms with Gasteiger partial charge in [0.1, 0.15) is 0 Å². The lowest BCUT2D eigenvalue weighted by Crippen LogP contribution is -2.15. The van der Waals surface area contributed by atoms with Gasteiger partial charge in [0.2, 0.25) is 0 Å². The van der Waals surface area contributed by atoms with Gasteiger partial charge in [0.15, 0.2) is 0 Å². The van der Waals surface area contributed by atoms with Crippen LogP contribution in [0.5, 0.6) is 0 Å². The number of carbonyl (C=O) groups is 1. The lowest BCUT2D eigenvalue weighted by atomic mass is 10.2. The van der Waals surface area contributed by atoms with E-state index in [1.165, 1.54) is 0 Å². The third kappa shape index (κ3) is 7.34. The van der Waals surface area contributed by atoms with Crippen LogP contribution in [0.4, 0.5) is 4.79 Å². The van der Waals surface area contributed by atoms with Gasteiger partial charge in [-0.25, -0.2) is 4.79 Å². The zero-order chi connectivity index (χ0) is 9.40. The average Bonchev–Trinajstić information content (AvgIpc) is 2.01. The van der Waals surface area contributed by atoms with Crippen molar-refractivity contribution in [2.75, 3.05) is 19.8 Å². The highest BCUT2D eigenvalue weighted by Crippen LogP contribution is 1.97.